The Hall–Kier alpha value is -3.68. The molecule has 0 unspecified atom stereocenters. The zero-order valence-corrected chi connectivity index (χ0v) is 14.4. The molecule has 2 aromatic heterocycles. The van der Waals surface area contributed by atoms with Crippen LogP contribution in [0.25, 0.3) is 11.1 Å². The second kappa shape index (κ2) is 6.91. The lowest BCUT2D eigenvalue weighted by Gasteiger charge is -2.18. The molecule has 0 spiro atoms. The molecular formula is C19H17N5O3. The van der Waals surface area contributed by atoms with Crippen LogP contribution in [0.2, 0.25) is 0 Å². The van der Waals surface area contributed by atoms with Crippen molar-refractivity contribution in [2.24, 2.45) is 0 Å². The number of carbonyl (C=O) groups excluding carboxylic acids is 1. The molecule has 8 nitrogen and oxygen atoms in total. The molecule has 2 N–H and O–H groups in total. The van der Waals surface area contributed by atoms with Gasteiger partial charge in [0.05, 0.1) is 11.8 Å². The number of benzene rings is 1. The van der Waals surface area contributed by atoms with E-state index in [1.807, 2.05) is 18.2 Å². The predicted molar refractivity (Wildman–Crippen MR) is 98.4 cm³/mol. The van der Waals surface area contributed by atoms with E-state index in [9.17, 15) is 9.59 Å². The molecule has 8 heteroatoms. The van der Waals surface area contributed by atoms with Gasteiger partial charge in [0.1, 0.15) is 5.82 Å². The van der Waals surface area contributed by atoms with Gasteiger partial charge in [-0.15, -0.1) is 0 Å². The normalized spacial score (nSPS) is 14.0. The summed E-state index contributed by atoms with van der Waals surface area (Å²) in [5, 5.41) is 15.8. The van der Waals surface area contributed by atoms with Gasteiger partial charge in [-0.25, -0.2) is 14.6 Å². The van der Waals surface area contributed by atoms with Crippen molar-refractivity contribution in [3.05, 3.63) is 66.1 Å². The van der Waals surface area contributed by atoms with Crippen molar-refractivity contribution in [2.45, 2.75) is 6.54 Å². The number of nitrogens with zero attached hydrogens (tertiary/aromatic N) is 4. The van der Waals surface area contributed by atoms with Crippen LogP contribution < -0.4 is 4.90 Å². The van der Waals surface area contributed by atoms with Crippen molar-refractivity contribution in [2.75, 3.05) is 18.0 Å². The minimum absolute atomic E-state index is 0.140. The minimum Gasteiger partial charge on any atom is -0.478 e. The number of carbonyl (C=O) groups is 2. The van der Waals surface area contributed by atoms with E-state index in [-0.39, 0.29) is 11.6 Å². The molecule has 1 aliphatic rings. The first kappa shape index (κ1) is 16.8. The van der Waals surface area contributed by atoms with Gasteiger partial charge in [0.25, 0.3) is 0 Å². The number of aromatic amines is 1. The third-order valence-corrected chi connectivity index (χ3v) is 4.50. The van der Waals surface area contributed by atoms with Crippen LogP contribution in [0.4, 0.5) is 10.6 Å². The van der Waals surface area contributed by atoms with Crippen LogP contribution >= 0.6 is 0 Å². The lowest BCUT2D eigenvalue weighted by Crippen LogP contribution is -2.31. The lowest BCUT2D eigenvalue weighted by atomic mass is 10.1. The molecule has 1 aliphatic heterocycles. The summed E-state index contributed by atoms with van der Waals surface area (Å²) in [6.07, 6.45) is 5.21. The zero-order valence-electron chi connectivity index (χ0n) is 14.4. The van der Waals surface area contributed by atoms with Crippen LogP contribution in [-0.4, -0.2) is 50.3 Å². The molecule has 4 rings (SSSR count). The Balaban J connectivity index is 1.47. The number of H-pyrrole nitrogens is 1. The van der Waals surface area contributed by atoms with E-state index in [0.717, 1.165) is 16.7 Å². The molecule has 0 atom stereocenters. The molecule has 3 heterocycles. The molecule has 0 aliphatic carbocycles. The van der Waals surface area contributed by atoms with Gasteiger partial charge >= 0.3 is 12.0 Å². The van der Waals surface area contributed by atoms with E-state index >= 15 is 0 Å². The van der Waals surface area contributed by atoms with E-state index in [2.05, 4.69) is 15.2 Å². The number of amides is 2. The standard InChI is InChI=1S/C19H17N5O3/c25-18(26)14-3-1-2-13(8-14)12-23-6-7-24(19(23)27)17-5-4-15(9-20-17)16-10-21-22-11-16/h1-5,8-11H,6-7,12H2,(H,21,22)(H,25,26). The van der Waals surface area contributed by atoms with E-state index in [4.69, 9.17) is 5.11 Å². The first-order valence-corrected chi connectivity index (χ1v) is 8.46. The van der Waals surface area contributed by atoms with E-state index in [1.54, 1.807) is 40.5 Å². The van der Waals surface area contributed by atoms with Crippen molar-refractivity contribution < 1.29 is 14.7 Å². The second-order valence-corrected chi connectivity index (χ2v) is 6.25. The highest BCUT2D eigenvalue weighted by Gasteiger charge is 2.30. The van der Waals surface area contributed by atoms with E-state index in [0.29, 0.717) is 25.5 Å². The van der Waals surface area contributed by atoms with Gasteiger partial charge in [-0.05, 0) is 29.8 Å². The van der Waals surface area contributed by atoms with Crippen molar-refractivity contribution in [3.8, 4) is 11.1 Å². The number of anilines is 1. The molecule has 1 aromatic carbocycles. The number of aromatic carboxylic acids is 1. The van der Waals surface area contributed by atoms with Gasteiger partial charge in [-0.2, -0.15) is 5.10 Å². The molecule has 1 saturated heterocycles. The Kier molecular flexibility index (Phi) is 4.29. The third kappa shape index (κ3) is 3.37. The lowest BCUT2D eigenvalue weighted by molar-refractivity contribution is 0.0696. The maximum atomic E-state index is 12.7. The quantitative estimate of drug-likeness (QED) is 0.725. The summed E-state index contributed by atoms with van der Waals surface area (Å²) in [6, 6.07) is 10.2. The Bertz CT molecular complexity index is 969. The van der Waals surface area contributed by atoms with Crippen LogP contribution in [0.15, 0.2) is 55.0 Å². The Morgan fingerprint density at radius 3 is 2.74 bits per heavy atom. The predicted octanol–water partition coefficient (Wildman–Crippen LogP) is 2.61. The van der Waals surface area contributed by atoms with E-state index < -0.39 is 5.97 Å². The number of aromatic nitrogens is 3. The third-order valence-electron chi connectivity index (χ3n) is 4.50. The number of pyridine rings is 1. The molecule has 0 saturated carbocycles. The summed E-state index contributed by atoms with van der Waals surface area (Å²) in [4.78, 5) is 31.5. The maximum absolute atomic E-state index is 12.7. The largest absolute Gasteiger partial charge is 0.478 e. The first-order chi connectivity index (χ1) is 13.1. The SMILES string of the molecule is O=C(O)c1cccc(CN2CCN(c3ccc(-c4cn[nH]c4)cn3)C2=O)c1. The number of hydrogen-bond acceptors (Lipinski definition) is 4. The van der Waals surface area contributed by atoms with Crippen LogP contribution in [0.5, 0.6) is 0 Å². The number of carboxylic acid groups (broad SMARTS) is 1. The van der Waals surface area contributed by atoms with Crippen LogP contribution in [0.1, 0.15) is 15.9 Å². The summed E-state index contributed by atoms with van der Waals surface area (Å²) in [5.41, 5.74) is 2.85. The first-order valence-electron chi connectivity index (χ1n) is 8.46. The highest BCUT2D eigenvalue weighted by Crippen LogP contribution is 2.23. The van der Waals surface area contributed by atoms with Crippen molar-refractivity contribution in [3.63, 3.8) is 0 Å². The highest BCUT2D eigenvalue weighted by atomic mass is 16.4. The fourth-order valence-electron chi connectivity index (χ4n) is 3.09. The smallest absolute Gasteiger partial charge is 0.335 e. The Morgan fingerprint density at radius 2 is 2.04 bits per heavy atom. The molecular weight excluding hydrogens is 346 g/mol. The molecule has 0 radical (unpaired) electrons. The van der Waals surface area contributed by atoms with Crippen molar-refractivity contribution in [1.82, 2.24) is 20.1 Å². The number of hydrogen-bond donors (Lipinski definition) is 2. The summed E-state index contributed by atoms with van der Waals surface area (Å²) in [5.74, 6) is -0.387. The summed E-state index contributed by atoms with van der Waals surface area (Å²) >= 11 is 0. The highest BCUT2D eigenvalue weighted by molar-refractivity contribution is 5.93. The number of nitrogens with one attached hydrogen (secondary N) is 1. The average molecular weight is 363 g/mol. The molecule has 27 heavy (non-hydrogen) atoms. The zero-order chi connectivity index (χ0) is 18.8. The van der Waals surface area contributed by atoms with Crippen molar-refractivity contribution >= 4 is 17.8 Å². The van der Waals surface area contributed by atoms with Crippen LogP contribution in [0.3, 0.4) is 0 Å². The molecule has 3 aromatic rings. The topological polar surface area (TPSA) is 102 Å². The van der Waals surface area contributed by atoms with Crippen LogP contribution in [0, 0.1) is 0 Å². The molecule has 136 valence electrons. The summed E-state index contributed by atoms with van der Waals surface area (Å²) in [6.45, 7) is 1.46. The molecule has 1 fully saturated rings. The fourth-order valence-corrected chi connectivity index (χ4v) is 3.09. The molecule has 2 amide bonds. The van der Waals surface area contributed by atoms with Gasteiger partial charge in [0, 0.05) is 43.2 Å². The van der Waals surface area contributed by atoms with Gasteiger partial charge in [0.15, 0.2) is 0 Å². The number of rotatable bonds is 5. The summed E-state index contributed by atoms with van der Waals surface area (Å²) in [7, 11) is 0. The van der Waals surface area contributed by atoms with Crippen LogP contribution in [-0.2, 0) is 6.54 Å². The Morgan fingerprint density at radius 1 is 1.15 bits per heavy atom. The number of urea groups is 1. The summed E-state index contributed by atoms with van der Waals surface area (Å²) < 4.78 is 0. The average Bonchev–Trinajstić information content (AvgIpc) is 3.33. The van der Waals surface area contributed by atoms with Gasteiger partial charge < -0.3 is 10.0 Å². The van der Waals surface area contributed by atoms with Crippen molar-refractivity contribution in [1.29, 1.82) is 0 Å². The van der Waals surface area contributed by atoms with Gasteiger partial charge in [-0.3, -0.25) is 10.00 Å². The number of carboxylic acids is 1. The second-order valence-electron chi connectivity index (χ2n) is 6.25. The monoisotopic (exact) mass is 363 g/mol. The maximum Gasteiger partial charge on any atom is 0.335 e. The fraction of sp³-hybridized carbons (Fsp3) is 0.158. The van der Waals surface area contributed by atoms with Gasteiger partial charge in [-0.1, -0.05) is 12.1 Å². The van der Waals surface area contributed by atoms with E-state index in [1.165, 1.54) is 6.07 Å². The van der Waals surface area contributed by atoms with Gasteiger partial charge in [0.2, 0.25) is 0 Å². The Labute approximate surface area is 155 Å². The minimum atomic E-state index is -0.979. The molecule has 0 bridgehead atoms.